The number of sulfonamides is 1. The molecule has 0 heterocycles. The highest BCUT2D eigenvalue weighted by atomic mass is 35.5. The van der Waals surface area contributed by atoms with Gasteiger partial charge in [-0.2, -0.15) is 0 Å². The van der Waals surface area contributed by atoms with Gasteiger partial charge >= 0.3 is 0 Å². The molecule has 0 bridgehead atoms. The lowest BCUT2D eigenvalue weighted by atomic mass is 10.3. The molecule has 7 heteroatoms. The van der Waals surface area contributed by atoms with Gasteiger partial charge in [0.2, 0.25) is 10.0 Å². The number of rotatable bonds is 4. The van der Waals surface area contributed by atoms with Crippen LogP contribution < -0.4 is 10.5 Å². The van der Waals surface area contributed by atoms with Crippen LogP contribution in [0.5, 0.6) is 0 Å². The number of halogens is 2. The van der Waals surface area contributed by atoms with Gasteiger partial charge in [0.05, 0.1) is 5.02 Å². The highest BCUT2D eigenvalue weighted by Crippen LogP contribution is 2.21. The molecule has 1 rings (SSSR count). The van der Waals surface area contributed by atoms with E-state index in [2.05, 4.69) is 4.72 Å². The summed E-state index contributed by atoms with van der Waals surface area (Å²) in [6, 6.07) is 3.44. The topological polar surface area (TPSA) is 72.2 Å². The molecule has 0 spiro atoms. The molecule has 1 atom stereocenters. The molecule has 16 heavy (non-hydrogen) atoms. The summed E-state index contributed by atoms with van der Waals surface area (Å²) in [5, 5.41) is -0.233. The molecule has 90 valence electrons. The van der Waals surface area contributed by atoms with Crippen LogP contribution in [-0.4, -0.2) is 21.0 Å². The second-order valence-electron chi connectivity index (χ2n) is 3.38. The number of hydrogen-bond acceptors (Lipinski definition) is 3. The fourth-order valence-electron chi connectivity index (χ4n) is 1.01. The normalized spacial score (nSPS) is 13.8. The van der Waals surface area contributed by atoms with Crippen LogP contribution in [0.15, 0.2) is 23.1 Å². The van der Waals surface area contributed by atoms with Gasteiger partial charge in [0.1, 0.15) is 4.90 Å². The van der Waals surface area contributed by atoms with E-state index < -0.39 is 20.7 Å². The largest absolute Gasteiger partial charge is 0.327 e. The Morgan fingerprint density at radius 1 is 1.56 bits per heavy atom. The van der Waals surface area contributed by atoms with E-state index in [1.54, 1.807) is 6.92 Å². The third kappa shape index (κ3) is 3.15. The van der Waals surface area contributed by atoms with Crippen molar-refractivity contribution in [1.82, 2.24) is 4.72 Å². The van der Waals surface area contributed by atoms with Gasteiger partial charge in [-0.15, -0.1) is 0 Å². The van der Waals surface area contributed by atoms with Crippen LogP contribution in [0.2, 0.25) is 5.02 Å². The lowest BCUT2D eigenvalue weighted by molar-refractivity contribution is 0.552. The zero-order valence-corrected chi connectivity index (χ0v) is 10.1. The molecule has 0 amide bonds. The van der Waals surface area contributed by atoms with Crippen molar-refractivity contribution >= 4 is 21.6 Å². The number of benzene rings is 1. The highest BCUT2D eigenvalue weighted by molar-refractivity contribution is 7.89. The Morgan fingerprint density at radius 3 is 2.75 bits per heavy atom. The van der Waals surface area contributed by atoms with E-state index in [1.165, 1.54) is 12.1 Å². The molecule has 3 N–H and O–H groups in total. The summed E-state index contributed by atoms with van der Waals surface area (Å²) >= 11 is 5.49. The average Bonchev–Trinajstić information content (AvgIpc) is 2.19. The summed E-state index contributed by atoms with van der Waals surface area (Å²) in [6.45, 7) is 1.67. The van der Waals surface area contributed by atoms with Crippen molar-refractivity contribution in [1.29, 1.82) is 0 Å². The summed E-state index contributed by atoms with van der Waals surface area (Å²) in [5.41, 5.74) is 5.40. The van der Waals surface area contributed by atoms with E-state index in [9.17, 15) is 12.8 Å². The second kappa shape index (κ2) is 5.09. The van der Waals surface area contributed by atoms with E-state index in [4.69, 9.17) is 17.3 Å². The summed E-state index contributed by atoms with van der Waals surface area (Å²) in [7, 11) is -3.90. The van der Waals surface area contributed by atoms with Crippen molar-refractivity contribution in [2.24, 2.45) is 5.73 Å². The minimum absolute atomic E-state index is 0.0360. The Kier molecular flexibility index (Phi) is 4.26. The van der Waals surface area contributed by atoms with Gasteiger partial charge in [-0.3, -0.25) is 0 Å². The van der Waals surface area contributed by atoms with Crippen molar-refractivity contribution in [3.05, 3.63) is 29.0 Å². The average molecular weight is 267 g/mol. The number of nitrogens with one attached hydrogen (secondary N) is 1. The molecule has 1 aromatic carbocycles. The standard InChI is InChI=1S/C9H12ClFN2O2S/c1-6(12)5-13-16(14,15)8-4-2-3-7(10)9(8)11/h2-4,6,13H,5,12H2,1H3. The molecular weight excluding hydrogens is 255 g/mol. The van der Waals surface area contributed by atoms with Crippen LogP contribution in [0, 0.1) is 5.82 Å². The molecule has 0 saturated carbocycles. The first-order valence-electron chi connectivity index (χ1n) is 4.54. The first-order chi connectivity index (χ1) is 7.34. The van der Waals surface area contributed by atoms with Gasteiger partial charge in [0.25, 0.3) is 0 Å². The summed E-state index contributed by atoms with van der Waals surface area (Å²) in [6.07, 6.45) is 0. The third-order valence-corrected chi connectivity index (χ3v) is 3.53. The van der Waals surface area contributed by atoms with Crippen molar-refractivity contribution in [3.63, 3.8) is 0 Å². The predicted octanol–water partition coefficient (Wildman–Crippen LogP) is 1.10. The van der Waals surface area contributed by atoms with Gasteiger partial charge in [-0.05, 0) is 19.1 Å². The molecule has 0 fully saturated rings. The van der Waals surface area contributed by atoms with Crippen LogP contribution >= 0.6 is 11.6 Å². The Labute approximate surface area is 98.6 Å². The van der Waals surface area contributed by atoms with E-state index in [0.717, 1.165) is 6.07 Å². The molecule has 1 unspecified atom stereocenters. The van der Waals surface area contributed by atoms with Crippen LogP contribution in [-0.2, 0) is 10.0 Å². The Morgan fingerprint density at radius 2 is 2.19 bits per heavy atom. The number of nitrogens with two attached hydrogens (primary N) is 1. The molecular formula is C9H12ClFN2O2S. The fourth-order valence-corrected chi connectivity index (χ4v) is 2.48. The minimum Gasteiger partial charge on any atom is -0.327 e. The van der Waals surface area contributed by atoms with Crippen LogP contribution in [0.4, 0.5) is 4.39 Å². The van der Waals surface area contributed by atoms with Crippen molar-refractivity contribution in [2.75, 3.05) is 6.54 Å². The Balaban J connectivity index is 3.03. The quantitative estimate of drug-likeness (QED) is 0.857. The monoisotopic (exact) mass is 266 g/mol. The van der Waals surface area contributed by atoms with Crippen molar-refractivity contribution in [2.45, 2.75) is 17.9 Å². The maximum absolute atomic E-state index is 13.4. The van der Waals surface area contributed by atoms with E-state index >= 15 is 0 Å². The molecule has 0 aliphatic carbocycles. The highest BCUT2D eigenvalue weighted by Gasteiger charge is 2.20. The molecule has 0 saturated heterocycles. The Hall–Kier alpha value is -0.690. The van der Waals surface area contributed by atoms with Gasteiger partial charge in [-0.25, -0.2) is 17.5 Å². The van der Waals surface area contributed by atoms with Gasteiger partial charge in [-0.1, -0.05) is 17.7 Å². The van der Waals surface area contributed by atoms with Gasteiger partial charge in [0.15, 0.2) is 5.82 Å². The smallest absolute Gasteiger partial charge is 0.243 e. The van der Waals surface area contributed by atoms with Gasteiger partial charge < -0.3 is 5.73 Å². The van der Waals surface area contributed by atoms with Crippen LogP contribution in [0.25, 0.3) is 0 Å². The van der Waals surface area contributed by atoms with E-state index in [0.29, 0.717) is 0 Å². The lowest BCUT2D eigenvalue weighted by Crippen LogP contribution is -2.35. The Bertz CT molecular complexity index is 476. The minimum atomic E-state index is -3.90. The third-order valence-electron chi connectivity index (χ3n) is 1.80. The van der Waals surface area contributed by atoms with E-state index in [-0.39, 0.29) is 17.6 Å². The van der Waals surface area contributed by atoms with Gasteiger partial charge in [0, 0.05) is 12.6 Å². The van der Waals surface area contributed by atoms with Crippen LogP contribution in [0.3, 0.4) is 0 Å². The molecule has 1 aromatic rings. The van der Waals surface area contributed by atoms with Crippen molar-refractivity contribution in [3.8, 4) is 0 Å². The zero-order chi connectivity index (χ0) is 12.3. The molecule has 0 aromatic heterocycles. The summed E-state index contributed by atoms with van der Waals surface area (Å²) in [4.78, 5) is -0.472. The SMILES string of the molecule is CC(N)CNS(=O)(=O)c1cccc(Cl)c1F. The lowest BCUT2D eigenvalue weighted by Gasteiger charge is -2.09. The molecule has 0 radical (unpaired) electrons. The molecule has 4 nitrogen and oxygen atoms in total. The first kappa shape index (κ1) is 13.4. The summed E-state index contributed by atoms with van der Waals surface area (Å²) in [5.74, 6) is -0.957. The second-order valence-corrected chi connectivity index (χ2v) is 5.52. The molecule has 0 aliphatic heterocycles. The maximum Gasteiger partial charge on any atom is 0.243 e. The van der Waals surface area contributed by atoms with Crippen molar-refractivity contribution < 1.29 is 12.8 Å². The molecule has 0 aliphatic rings. The predicted molar refractivity (Wildman–Crippen MR) is 60.2 cm³/mol. The maximum atomic E-state index is 13.4. The van der Waals surface area contributed by atoms with Crippen LogP contribution in [0.1, 0.15) is 6.92 Å². The van der Waals surface area contributed by atoms with E-state index in [1.807, 2.05) is 0 Å². The number of hydrogen-bond donors (Lipinski definition) is 2. The fraction of sp³-hybridized carbons (Fsp3) is 0.333. The zero-order valence-electron chi connectivity index (χ0n) is 8.57. The first-order valence-corrected chi connectivity index (χ1v) is 6.40. The summed E-state index contributed by atoms with van der Waals surface area (Å²) < 4.78 is 38.9.